The third-order valence-electron chi connectivity index (χ3n) is 4.03. The Hall–Kier alpha value is -1.61. The van der Waals surface area contributed by atoms with Gasteiger partial charge in [-0.05, 0) is 30.7 Å². The normalized spacial score (nSPS) is 11.0. The summed E-state index contributed by atoms with van der Waals surface area (Å²) in [6.07, 6.45) is 1.90. The summed E-state index contributed by atoms with van der Waals surface area (Å²) in [5.41, 5.74) is 2.17. The number of aliphatic imine (C=N–C) groups is 1. The number of hydrogen-bond donors (Lipinski definition) is 1. The third-order valence-corrected chi connectivity index (χ3v) is 4.24. The van der Waals surface area contributed by atoms with Crippen molar-refractivity contribution in [1.29, 1.82) is 0 Å². The largest absolute Gasteiger partial charge is 0.493 e. The predicted molar refractivity (Wildman–Crippen MR) is 122 cm³/mol. The molecule has 27 heavy (non-hydrogen) atoms. The lowest BCUT2D eigenvalue weighted by Gasteiger charge is -2.22. The minimum absolute atomic E-state index is 0. The summed E-state index contributed by atoms with van der Waals surface area (Å²) in [6.45, 7) is 4.10. The maximum absolute atomic E-state index is 6.08. The van der Waals surface area contributed by atoms with E-state index in [1.165, 1.54) is 0 Å². The molecule has 1 aromatic heterocycles. The van der Waals surface area contributed by atoms with Crippen molar-refractivity contribution >= 4 is 41.5 Å². The molecule has 0 bridgehead atoms. The Morgan fingerprint density at radius 2 is 1.93 bits per heavy atom. The Balaban J connectivity index is 0.00000364. The first-order chi connectivity index (χ1) is 12.5. The molecule has 150 valence electrons. The van der Waals surface area contributed by atoms with E-state index in [0.29, 0.717) is 24.6 Å². The molecule has 0 aliphatic heterocycles. The zero-order valence-electron chi connectivity index (χ0n) is 16.5. The Labute approximate surface area is 183 Å². The number of guanidine groups is 1. The SMILES string of the molecule is CCNC(=NCc1ccc(OC)c(OC)c1)N(C)Cc1cc(Cl)cn1C.I. The first-order valence-corrected chi connectivity index (χ1v) is 8.87. The topological polar surface area (TPSA) is 51.0 Å². The predicted octanol–water partition coefficient (Wildman–Crippen LogP) is 3.91. The van der Waals surface area contributed by atoms with E-state index in [1.807, 2.05) is 49.1 Å². The number of nitrogens with one attached hydrogen (secondary N) is 1. The highest BCUT2D eigenvalue weighted by atomic mass is 127. The number of rotatable bonds is 7. The first-order valence-electron chi connectivity index (χ1n) is 8.49. The lowest BCUT2D eigenvalue weighted by molar-refractivity contribution is 0.354. The summed E-state index contributed by atoms with van der Waals surface area (Å²) in [6, 6.07) is 7.80. The highest BCUT2D eigenvalue weighted by Crippen LogP contribution is 2.27. The van der Waals surface area contributed by atoms with E-state index >= 15 is 0 Å². The van der Waals surface area contributed by atoms with Gasteiger partial charge in [-0.25, -0.2) is 4.99 Å². The van der Waals surface area contributed by atoms with Gasteiger partial charge in [-0.15, -0.1) is 24.0 Å². The molecule has 8 heteroatoms. The van der Waals surface area contributed by atoms with E-state index in [1.54, 1.807) is 14.2 Å². The second-order valence-electron chi connectivity index (χ2n) is 5.98. The molecule has 0 saturated carbocycles. The molecule has 0 radical (unpaired) electrons. The van der Waals surface area contributed by atoms with Gasteiger partial charge in [0.2, 0.25) is 0 Å². The summed E-state index contributed by atoms with van der Waals surface area (Å²) in [4.78, 5) is 6.82. The molecule has 0 unspecified atom stereocenters. The van der Waals surface area contributed by atoms with Crippen LogP contribution in [-0.2, 0) is 20.1 Å². The monoisotopic (exact) mass is 506 g/mol. The molecule has 0 aliphatic carbocycles. The van der Waals surface area contributed by atoms with Gasteiger partial charge in [0.25, 0.3) is 0 Å². The number of benzene rings is 1. The molecule has 0 aliphatic rings. The molecule has 0 fully saturated rings. The van der Waals surface area contributed by atoms with Crippen LogP contribution in [0.15, 0.2) is 35.5 Å². The fourth-order valence-electron chi connectivity index (χ4n) is 2.66. The molecule has 1 aromatic carbocycles. The lowest BCUT2D eigenvalue weighted by atomic mass is 10.2. The second kappa shape index (κ2) is 11.3. The van der Waals surface area contributed by atoms with Crippen molar-refractivity contribution in [2.45, 2.75) is 20.0 Å². The molecule has 2 aromatic rings. The summed E-state index contributed by atoms with van der Waals surface area (Å²) >= 11 is 6.08. The molecule has 0 saturated heterocycles. The molecule has 1 heterocycles. The summed E-state index contributed by atoms with van der Waals surface area (Å²) < 4.78 is 12.7. The molecule has 1 N–H and O–H groups in total. The van der Waals surface area contributed by atoms with Gasteiger partial charge in [-0.1, -0.05) is 17.7 Å². The maximum Gasteiger partial charge on any atom is 0.194 e. The Morgan fingerprint density at radius 3 is 2.48 bits per heavy atom. The number of methoxy groups -OCH3 is 2. The quantitative estimate of drug-likeness (QED) is 0.351. The summed E-state index contributed by atoms with van der Waals surface area (Å²) in [5, 5.41) is 4.07. The average Bonchev–Trinajstić information content (AvgIpc) is 2.95. The Bertz CT molecular complexity index is 764. The highest BCUT2D eigenvalue weighted by molar-refractivity contribution is 14.0. The number of aryl methyl sites for hydroxylation is 1. The molecular weight excluding hydrogens is 479 g/mol. The van der Waals surface area contributed by atoms with Gasteiger partial charge in [-0.3, -0.25) is 0 Å². The standard InChI is InChI=1S/C19H27ClN4O2.HI/c1-6-21-19(24(3)13-16-10-15(20)12-23(16)2)22-11-14-7-8-17(25-4)18(9-14)26-5;/h7-10,12H,6,11,13H2,1-5H3,(H,21,22);1H. The number of nitrogens with zero attached hydrogens (tertiary/aromatic N) is 3. The van der Waals surface area contributed by atoms with Gasteiger partial charge < -0.3 is 24.3 Å². The fraction of sp³-hybridized carbons (Fsp3) is 0.421. The van der Waals surface area contributed by atoms with Crippen molar-refractivity contribution in [2.75, 3.05) is 27.8 Å². The fourth-order valence-corrected chi connectivity index (χ4v) is 2.93. The van der Waals surface area contributed by atoms with E-state index in [4.69, 9.17) is 26.1 Å². The van der Waals surface area contributed by atoms with E-state index in [0.717, 1.165) is 28.8 Å². The van der Waals surface area contributed by atoms with Crippen LogP contribution in [0.4, 0.5) is 0 Å². The van der Waals surface area contributed by atoms with Crippen LogP contribution in [0.3, 0.4) is 0 Å². The Kier molecular flexibility index (Phi) is 9.79. The van der Waals surface area contributed by atoms with E-state index in [2.05, 4.69) is 17.1 Å². The molecular formula is C19H28ClIN4O2. The van der Waals surface area contributed by atoms with Gasteiger partial charge in [0, 0.05) is 32.5 Å². The van der Waals surface area contributed by atoms with Gasteiger partial charge in [0.15, 0.2) is 17.5 Å². The second-order valence-corrected chi connectivity index (χ2v) is 6.41. The molecule has 2 rings (SSSR count). The van der Waals surface area contributed by atoms with Crippen LogP contribution < -0.4 is 14.8 Å². The lowest BCUT2D eigenvalue weighted by Crippen LogP contribution is -2.38. The zero-order valence-corrected chi connectivity index (χ0v) is 19.5. The first kappa shape index (κ1) is 23.4. The highest BCUT2D eigenvalue weighted by Gasteiger charge is 2.10. The summed E-state index contributed by atoms with van der Waals surface area (Å²) in [5.74, 6) is 2.25. The van der Waals surface area contributed by atoms with E-state index in [9.17, 15) is 0 Å². The molecule has 0 spiro atoms. The van der Waals surface area contributed by atoms with Crippen molar-refractivity contribution in [3.05, 3.63) is 46.7 Å². The van der Waals surface area contributed by atoms with Crippen molar-refractivity contribution in [3.8, 4) is 11.5 Å². The third kappa shape index (κ3) is 6.49. The number of halogens is 2. The van der Waals surface area contributed by atoms with Gasteiger partial charge >= 0.3 is 0 Å². The zero-order chi connectivity index (χ0) is 19.1. The minimum atomic E-state index is 0. The van der Waals surface area contributed by atoms with Crippen molar-refractivity contribution in [3.63, 3.8) is 0 Å². The van der Waals surface area contributed by atoms with Crippen LogP contribution in [0, 0.1) is 0 Å². The molecule has 0 atom stereocenters. The van der Waals surface area contributed by atoms with Gasteiger partial charge in [-0.2, -0.15) is 0 Å². The van der Waals surface area contributed by atoms with Crippen LogP contribution in [0.2, 0.25) is 5.02 Å². The van der Waals surface area contributed by atoms with Gasteiger partial charge in [0.05, 0.1) is 32.3 Å². The smallest absolute Gasteiger partial charge is 0.194 e. The van der Waals surface area contributed by atoms with Crippen LogP contribution in [0.25, 0.3) is 0 Å². The maximum atomic E-state index is 6.08. The van der Waals surface area contributed by atoms with Crippen LogP contribution in [0.5, 0.6) is 11.5 Å². The van der Waals surface area contributed by atoms with Gasteiger partial charge in [0.1, 0.15) is 0 Å². The van der Waals surface area contributed by atoms with E-state index in [-0.39, 0.29) is 24.0 Å². The number of aromatic nitrogens is 1. The molecule has 6 nitrogen and oxygen atoms in total. The Morgan fingerprint density at radius 1 is 1.22 bits per heavy atom. The molecule has 0 amide bonds. The summed E-state index contributed by atoms with van der Waals surface area (Å²) in [7, 11) is 7.26. The van der Waals surface area contributed by atoms with Crippen molar-refractivity contribution in [2.24, 2.45) is 12.0 Å². The van der Waals surface area contributed by atoms with Crippen LogP contribution in [0.1, 0.15) is 18.2 Å². The minimum Gasteiger partial charge on any atom is -0.493 e. The van der Waals surface area contributed by atoms with Crippen LogP contribution >= 0.6 is 35.6 Å². The van der Waals surface area contributed by atoms with E-state index < -0.39 is 0 Å². The number of hydrogen-bond acceptors (Lipinski definition) is 3. The average molecular weight is 507 g/mol. The van der Waals surface area contributed by atoms with Crippen molar-refractivity contribution in [1.82, 2.24) is 14.8 Å². The number of ether oxygens (including phenoxy) is 2. The van der Waals surface area contributed by atoms with Crippen molar-refractivity contribution < 1.29 is 9.47 Å². The van der Waals surface area contributed by atoms with Crippen LogP contribution in [-0.4, -0.2) is 43.2 Å².